The van der Waals surface area contributed by atoms with Crippen LogP contribution in [0.1, 0.15) is 19.8 Å². The fourth-order valence-electron chi connectivity index (χ4n) is 0.668. The lowest BCUT2D eigenvalue weighted by atomic mass is 10.2. The smallest absolute Gasteiger partial charge is 0.334 e. The molecule has 66 valence electrons. The van der Waals surface area contributed by atoms with Crippen LogP contribution in [0.25, 0.3) is 0 Å². The van der Waals surface area contributed by atoms with Crippen LogP contribution < -0.4 is 5.73 Å². The van der Waals surface area contributed by atoms with Crippen LogP contribution in [0.4, 0.5) is 0 Å². The topological polar surface area (TPSA) is 72.5 Å². The molecular weight excluding hydrogens is 146 g/mol. The average molecular weight is 161 g/mol. The van der Waals surface area contributed by atoms with Gasteiger partial charge in [-0.3, -0.25) is 0 Å². The third-order valence-electron chi connectivity index (χ3n) is 1.24. The van der Waals surface area contributed by atoms with Gasteiger partial charge >= 0.3 is 5.97 Å². The second-order valence-corrected chi connectivity index (χ2v) is 2.20. The summed E-state index contributed by atoms with van der Waals surface area (Å²) in [5, 5.41) is 9.05. The van der Waals surface area contributed by atoms with Crippen LogP contribution in [-0.4, -0.2) is 30.3 Å². The lowest BCUT2D eigenvalue weighted by molar-refractivity contribution is -0.153. The molecule has 0 aromatic rings. The van der Waals surface area contributed by atoms with Crippen molar-refractivity contribution in [3.05, 3.63) is 0 Å². The van der Waals surface area contributed by atoms with Gasteiger partial charge in [-0.05, 0) is 26.3 Å². The zero-order valence-corrected chi connectivity index (χ0v) is 6.75. The summed E-state index contributed by atoms with van der Waals surface area (Å²) in [6.45, 7) is 2.49. The normalized spacial score (nSPS) is 12.6. The molecule has 1 atom stereocenters. The Bertz CT molecular complexity index is 116. The van der Waals surface area contributed by atoms with Crippen LogP contribution in [0, 0.1) is 0 Å². The van der Waals surface area contributed by atoms with Crippen LogP contribution in [0.3, 0.4) is 0 Å². The Morgan fingerprint density at radius 1 is 1.73 bits per heavy atom. The van der Waals surface area contributed by atoms with E-state index in [-0.39, 0.29) is 0 Å². The van der Waals surface area contributed by atoms with E-state index in [1.807, 2.05) is 0 Å². The lowest BCUT2D eigenvalue weighted by Crippen LogP contribution is -2.23. The van der Waals surface area contributed by atoms with Crippen LogP contribution in [0.5, 0.6) is 0 Å². The molecule has 11 heavy (non-hydrogen) atoms. The highest BCUT2D eigenvalue weighted by Gasteiger charge is 2.14. The van der Waals surface area contributed by atoms with Gasteiger partial charge in [0.05, 0.1) is 6.61 Å². The van der Waals surface area contributed by atoms with Gasteiger partial charge < -0.3 is 15.6 Å². The maximum absolute atomic E-state index is 10.7. The van der Waals surface area contributed by atoms with Gasteiger partial charge in [0.15, 0.2) is 6.10 Å². The van der Waals surface area contributed by atoms with Gasteiger partial charge in [-0.25, -0.2) is 4.79 Å². The van der Waals surface area contributed by atoms with Gasteiger partial charge in [0.25, 0.3) is 0 Å². The van der Waals surface area contributed by atoms with Crippen LogP contribution in [0.15, 0.2) is 0 Å². The molecule has 4 heteroatoms. The highest BCUT2D eigenvalue weighted by Crippen LogP contribution is 1.97. The van der Waals surface area contributed by atoms with Crippen molar-refractivity contribution in [1.82, 2.24) is 0 Å². The highest BCUT2D eigenvalue weighted by atomic mass is 16.5. The summed E-state index contributed by atoms with van der Waals surface area (Å²) >= 11 is 0. The molecular formula is C7H15NO3. The molecule has 0 saturated carbocycles. The first-order chi connectivity index (χ1) is 5.22. The summed E-state index contributed by atoms with van der Waals surface area (Å²) < 4.78 is 4.57. The third-order valence-corrected chi connectivity index (χ3v) is 1.24. The van der Waals surface area contributed by atoms with Gasteiger partial charge in [0.2, 0.25) is 0 Å². The van der Waals surface area contributed by atoms with E-state index in [1.54, 1.807) is 6.92 Å². The Morgan fingerprint density at radius 3 is 2.82 bits per heavy atom. The van der Waals surface area contributed by atoms with E-state index in [2.05, 4.69) is 4.74 Å². The summed E-state index contributed by atoms with van der Waals surface area (Å²) in [6, 6.07) is 0. The summed E-state index contributed by atoms with van der Waals surface area (Å²) in [5.74, 6) is -0.555. The van der Waals surface area contributed by atoms with Gasteiger partial charge in [-0.1, -0.05) is 0 Å². The van der Waals surface area contributed by atoms with Gasteiger partial charge in [0.1, 0.15) is 0 Å². The summed E-state index contributed by atoms with van der Waals surface area (Å²) in [7, 11) is 0. The number of nitrogens with two attached hydrogens (primary N) is 1. The second-order valence-electron chi connectivity index (χ2n) is 2.20. The number of aliphatic hydroxyl groups is 1. The number of ether oxygens (including phenoxy) is 1. The standard InChI is InChI=1S/C7H15NO3/c1-2-11-7(10)6(9)4-3-5-8/h6,9H,2-5,8H2,1H3. The molecule has 0 aliphatic heterocycles. The average Bonchev–Trinajstić information content (AvgIpc) is 2.00. The number of hydrogen-bond donors (Lipinski definition) is 2. The van der Waals surface area contributed by atoms with Crippen molar-refractivity contribution < 1.29 is 14.6 Å². The van der Waals surface area contributed by atoms with E-state index < -0.39 is 12.1 Å². The van der Waals surface area contributed by atoms with Gasteiger partial charge in [-0.2, -0.15) is 0 Å². The van der Waals surface area contributed by atoms with Crippen molar-refractivity contribution in [2.75, 3.05) is 13.2 Å². The minimum absolute atomic E-state index is 0.304. The monoisotopic (exact) mass is 161 g/mol. The number of esters is 1. The molecule has 0 fully saturated rings. The SMILES string of the molecule is CCOC(=O)C(O)CCCN. The molecule has 0 radical (unpaired) electrons. The largest absolute Gasteiger partial charge is 0.464 e. The fraction of sp³-hybridized carbons (Fsp3) is 0.857. The van der Waals surface area contributed by atoms with Crippen LogP contribution >= 0.6 is 0 Å². The molecule has 0 saturated heterocycles. The van der Waals surface area contributed by atoms with E-state index >= 15 is 0 Å². The number of carbonyl (C=O) groups is 1. The van der Waals surface area contributed by atoms with Crippen molar-refractivity contribution >= 4 is 5.97 Å². The molecule has 0 amide bonds. The molecule has 1 unspecified atom stereocenters. The maximum Gasteiger partial charge on any atom is 0.334 e. The van der Waals surface area contributed by atoms with Gasteiger partial charge in [-0.15, -0.1) is 0 Å². The zero-order valence-electron chi connectivity index (χ0n) is 6.75. The molecule has 3 N–H and O–H groups in total. The Kier molecular flexibility index (Phi) is 5.78. The summed E-state index contributed by atoms with van der Waals surface area (Å²) in [5.41, 5.74) is 5.19. The maximum atomic E-state index is 10.7. The quantitative estimate of drug-likeness (QED) is 0.540. The Hall–Kier alpha value is -0.610. The first kappa shape index (κ1) is 10.4. The molecule has 0 rings (SSSR count). The van der Waals surface area contributed by atoms with E-state index in [9.17, 15) is 4.79 Å². The molecule has 0 spiro atoms. The first-order valence-corrected chi connectivity index (χ1v) is 3.77. The molecule has 4 nitrogen and oxygen atoms in total. The molecule has 0 aromatic carbocycles. The molecule has 0 aliphatic carbocycles. The van der Waals surface area contributed by atoms with Crippen molar-refractivity contribution in [2.45, 2.75) is 25.9 Å². The number of carbonyl (C=O) groups excluding carboxylic acids is 1. The molecule has 0 aliphatic rings. The Labute approximate surface area is 66.3 Å². The number of hydrogen-bond acceptors (Lipinski definition) is 4. The minimum Gasteiger partial charge on any atom is -0.464 e. The molecule has 0 aromatic heterocycles. The van der Waals surface area contributed by atoms with Crippen molar-refractivity contribution in [1.29, 1.82) is 0 Å². The van der Waals surface area contributed by atoms with Crippen molar-refractivity contribution in [2.24, 2.45) is 5.73 Å². The predicted molar refractivity (Wildman–Crippen MR) is 40.9 cm³/mol. The van der Waals surface area contributed by atoms with Gasteiger partial charge in [0, 0.05) is 0 Å². The van der Waals surface area contributed by atoms with E-state index in [4.69, 9.17) is 10.8 Å². The fourth-order valence-corrected chi connectivity index (χ4v) is 0.668. The molecule has 0 bridgehead atoms. The van der Waals surface area contributed by atoms with Crippen molar-refractivity contribution in [3.8, 4) is 0 Å². The summed E-state index contributed by atoms with van der Waals surface area (Å²) in [6.07, 6.45) is 0.0217. The second kappa shape index (κ2) is 6.12. The Balaban J connectivity index is 3.46. The third kappa shape index (κ3) is 4.75. The van der Waals surface area contributed by atoms with E-state index in [0.717, 1.165) is 0 Å². The minimum atomic E-state index is -1.00. The predicted octanol–water partition coefficient (Wildman–Crippen LogP) is -0.351. The summed E-state index contributed by atoms with van der Waals surface area (Å²) in [4.78, 5) is 10.7. The van der Waals surface area contributed by atoms with Crippen molar-refractivity contribution in [3.63, 3.8) is 0 Å². The van der Waals surface area contributed by atoms with E-state index in [0.29, 0.717) is 26.0 Å². The Morgan fingerprint density at radius 2 is 2.36 bits per heavy atom. The van der Waals surface area contributed by atoms with E-state index in [1.165, 1.54) is 0 Å². The number of rotatable bonds is 5. The first-order valence-electron chi connectivity index (χ1n) is 3.77. The molecule has 0 heterocycles. The lowest BCUT2D eigenvalue weighted by Gasteiger charge is -2.07. The van der Waals surface area contributed by atoms with Crippen LogP contribution in [0.2, 0.25) is 0 Å². The number of aliphatic hydroxyl groups excluding tert-OH is 1. The zero-order chi connectivity index (χ0) is 8.69. The van der Waals surface area contributed by atoms with Crippen LogP contribution in [-0.2, 0) is 9.53 Å². The highest BCUT2D eigenvalue weighted by molar-refractivity contribution is 5.74.